The maximum atomic E-state index is 14.9. The number of ether oxygens (including phenoxy) is 1. The van der Waals surface area contributed by atoms with E-state index in [1.54, 1.807) is 25.4 Å². The molecule has 1 aliphatic carbocycles. The van der Waals surface area contributed by atoms with Crippen molar-refractivity contribution >= 4 is 5.97 Å². The molecule has 0 atom stereocenters. The number of methoxy groups -OCH3 is 1. The van der Waals surface area contributed by atoms with Gasteiger partial charge in [0, 0.05) is 12.6 Å². The van der Waals surface area contributed by atoms with Gasteiger partial charge in [-0.05, 0) is 77.8 Å². The highest BCUT2D eigenvalue weighted by atomic mass is 19.1. The number of aromatic carboxylic acids is 1. The van der Waals surface area contributed by atoms with Gasteiger partial charge in [0.2, 0.25) is 0 Å². The van der Waals surface area contributed by atoms with Gasteiger partial charge in [-0.25, -0.2) is 9.18 Å². The molecule has 0 radical (unpaired) electrons. The first kappa shape index (κ1) is 19.1. The van der Waals surface area contributed by atoms with Gasteiger partial charge in [0.25, 0.3) is 0 Å². The van der Waals surface area contributed by atoms with Gasteiger partial charge in [0.1, 0.15) is 11.6 Å². The summed E-state index contributed by atoms with van der Waals surface area (Å²) in [6.45, 7) is 1.92. The third-order valence-corrected chi connectivity index (χ3v) is 5.40. The fourth-order valence-electron chi connectivity index (χ4n) is 3.63. The summed E-state index contributed by atoms with van der Waals surface area (Å²) in [5, 5.41) is 9.59. The second-order valence-electron chi connectivity index (χ2n) is 7.51. The van der Waals surface area contributed by atoms with E-state index in [1.165, 1.54) is 6.07 Å². The Bertz CT molecular complexity index is 1090. The first-order valence-electron chi connectivity index (χ1n) is 9.62. The Balaban J connectivity index is 1.68. The third kappa shape index (κ3) is 3.99. The molecule has 1 aromatic heterocycles. The van der Waals surface area contributed by atoms with Crippen molar-refractivity contribution in [2.45, 2.75) is 32.1 Å². The van der Waals surface area contributed by atoms with Gasteiger partial charge in [-0.2, -0.15) is 0 Å². The van der Waals surface area contributed by atoms with Crippen LogP contribution >= 0.6 is 0 Å². The lowest BCUT2D eigenvalue weighted by atomic mass is 9.95. The molecule has 0 amide bonds. The Kier molecular flexibility index (Phi) is 5.05. The van der Waals surface area contributed by atoms with Crippen molar-refractivity contribution in [3.63, 3.8) is 0 Å². The lowest BCUT2D eigenvalue weighted by molar-refractivity contribution is 0.0695. The van der Waals surface area contributed by atoms with Crippen molar-refractivity contribution in [3.05, 3.63) is 82.4 Å². The number of carboxylic acids is 1. The molecule has 0 saturated heterocycles. The molecule has 3 aromatic rings. The molecule has 29 heavy (non-hydrogen) atoms. The maximum absolute atomic E-state index is 14.9. The number of carboxylic acid groups (broad SMARTS) is 1. The fraction of sp³-hybridized carbons (Fsp3) is 0.250. The minimum atomic E-state index is -1.03. The SMILES string of the molecule is COc1cccc(-c2cc(F)c(Cc3ncc(C4CC4)cc3C(=O)O)cc2C)c1. The topological polar surface area (TPSA) is 59.4 Å². The van der Waals surface area contributed by atoms with E-state index in [1.807, 2.05) is 31.2 Å². The Labute approximate surface area is 169 Å². The van der Waals surface area contributed by atoms with Gasteiger partial charge < -0.3 is 9.84 Å². The van der Waals surface area contributed by atoms with Crippen LogP contribution in [0.3, 0.4) is 0 Å². The third-order valence-electron chi connectivity index (χ3n) is 5.40. The molecular formula is C24H22FNO3. The van der Waals surface area contributed by atoms with Crippen LogP contribution in [-0.2, 0) is 6.42 Å². The Morgan fingerprint density at radius 1 is 1.24 bits per heavy atom. The summed E-state index contributed by atoms with van der Waals surface area (Å²) in [7, 11) is 1.59. The summed E-state index contributed by atoms with van der Waals surface area (Å²) in [5.74, 6) is -0.286. The number of rotatable bonds is 6. The molecule has 0 aliphatic heterocycles. The summed E-state index contributed by atoms with van der Waals surface area (Å²) in [4.78, 5) is 16.1. The van der Waals surface area contributed by atoms with Crippen molar-refractivity contribution in [2.24, 2.45) is 0 Å². The van der Waals surface area contributed by atoms with Crippen molar-refractivity contribution in [1.29, 1.82) is 0 Å². The normalized spacial score (nSPS) is 13.3. The number of benzene rings is 2. The van der Waals surface area contributed by atoms with Crippen LogP contribution in [0.1, 0.15) is 51.5 Å². The largest absolute Gasteiger partial charge is 0.497 e. The predicted molar refractivity (Wildman–Crippen MR) is 109 cm³/mol. The van der Waals surface area contributed by atoms with Crippen LogP contribution in [0, 0.1) is 12.7 Å². The molecule has 0 bridgehead atoms. The van der Waals surface area contributed by atoms with Crippen molar-refractivity contribution in [2.75, 3.05) is 7.11 Å². The van der Waals surface area contributed by atoms with E-state index in [2.05, 4.69) is 4.98 Å². The van der Waals surface area contributed by atoms with Crippen LogP contribution in [0.4, 0.5) is 4.39 Å². The summed E-state index contributed by atoms with van der Waals surface area (Å²) >= 11 is 0. The lowest BCUT2D eigenvalue weighted by Crippen LogP contribution is -2.08. The van der Waals surface area contributed by atoms with Crippen molar-refractivity contribution in [1.82, 2.24) is 4.98 Å². The molecule has 1 N–H and O–H groups in total. The highest BCUT2D eigenvalue weighted by Crippen LogP contribution is 2.40. The molecule has 0 spiro atoms. The second kappa shape index (κ2) is 7.66. The van der Waals surface area contributed by atoms with Gasteiger partial charge in [-0.3, -0.25) is 4.98 Å². The van der Waals surface area contributed by atoms with Crippen LogP contribution in [0.15, 0.2) is 48.7 Å². The Morgan fingerprint density at radius 3 is 2.72 bits per heavy atom. The van der Waals surface area contributed by atoms with E-state index < -0.39 is 5.97 Å². The quantitative estimate of drug-likeness (QED) is 0.614. The number of aryl methyl sites for hydroxylation is 1. The van der Waals surface area contributed by atoms with Crippen LogP contribution < -0.4 is 4.74 Å². The van der Waals surface area contributed by atoms with Gasteiger partial charge in [-0.1, -0.05) is 18.2 Å². The number of nitrogens with zero attached hydrogens (tertiary/aromatic N) is 1. The van der Waals surface area contributed by atoms with E-state index in [0.717, 1.165) is 35.1 Å². The molecule has 4 rings (SSSR count). The number of carbonyl (C=O) groups is 1. The van der Waals surface area contributed by atoms with Gasteiger partial charge in [0.05, 0.1) is 18.4 Å². The van der Waals surface area contributed by atoms with E-state index in [0.29, 0.717) is 22.9 Å². The zero-order valence-electron chi connectivity index (χ0n) is 16.4. The Morgan fingerprint density at radius 2 is 2.03 bits per heavy atom. The summed E-state index contributed by atoms with van der Waals surface area (Å²) in [5.41, 5.74) is 4.48. The second-order valence-corrected chi connectivity index (χ2v) is 7.51. The molecule has 1 heterocycles. The zero-order chi connectivity index (χ0) is 20.5. The number of pyridine rings is 1. The molecule has 5 heteroatoms. The van der Waals surface area contributed by atoms with Crippen molar-refractivity contribution in [3.8, 4) is 16.9 Å². The highest BCUT2D eigenvalue weighted by molar-refractivity contribution is 5.89. The number of aromatic nitrogens is 1. The number of hydrogen-bond acceptors (Lipinski definition) is 3. The standard InChI is InChI=1S/C24H22FNO3/c1-14-8-17(22(25)12-20(14)16-4-3-5-19(9-16)29-2)11-23-21(24(27)28)10-18(13-26-23)15-6-7-15/h3-5,8-10,12-13,15H,6-7,11H2,1-2H3,(H,27,28). The molecule has 1 aliphatic rings. The van der Waals surface area contributed by atoms with Crippen LogP contribution in [-0.4, -0.2) is 23.2 Å². The van der Waals surface area contributed by atoms with Crippen LogP contribution in [0.2, 0.25) is 0 Å². The summed E-state index contributed by atoms with van der Waals surface area (Å²) in [6.07, 6.45) is 4.01. The van der Waals surface area contributed by atoms with Gasteiger partial charge >= 0.3 is 5.97 Å². The fourth-order valence-corrected chi connectivity index (χ4v) is 3.63. The molecule has 0 unspecified atom stereocenters. The van der Waals surface area contributed by atoms with Gasteiger partial charge in [-0.15, -0.1) is 0 Å². The molecular weight excluding hydrogens is 369 g/mol. The summed E-state index contributed by atoms with van der Waals surface area (Å²) in [6, 6.07) is 12.4. The van der Waals surface area contributed by atoms with Gasteiger partial charge in [0.15, 0.2) is 0 Å². The molecule has 4 nitrogen and oxygen atoms in total. The monoisotopic (exact) mass is 391 g/mol. The molecule has 148 valence electrons. The van der Waals surface area contributed by atoms with E-state index in [4.69, 9.17) is 4.74 Å². The minimum absolute atomic E-state index is 0.137. The van der Waals surface area contributed by atoms with E-state index in [9.17, 15) is 14.3 Å². The highest BCUT2D eigenvalue weighted by Gasteiger charge is 2.26. The average Bonchev–Trinajstić information content (AvgIpc) is 3.56. The van der Waals surface area contributed by atoms with Crippen molar-refractivity contribution < 1.29 is 19.0 Å². The molecule has 1 fully saturated rings. The predicted octanol–water partition coefficient (Wildman–Crippen LogP) is 5.37. The minimum Gasteiger partial charge on any atom is -0.497 e. The maximum Gasteiger partial charge on any atom is 0.337 e. The average molecular weight is 391 g/mol. The first-order valence-corrected chi connectivity index (χ1v) is 9.62. The first-order chi connectivity index (χ1) is 14.0. The smallest absolute Gasteiger partial charge is 0.337 e. The zero-order valence-corrected chi connectivity index (χ0v) is 16.4. The molecule has 1 saturated carbocycles. The van der Waals surface area contributed by atoms with Crippen LogP contribution in [0.25, 0.3) is 11.1 Å². The van der Waals surface area contributed by atoms with E-state index in [-0.39, 0.29) is 17.8 Å². The van der Waals surface area contributed by atoms with Crippen LogP contribution in [0.5, 0.6) is 5.75 Å². The number of halogens is 1. The lowest BCUT2D eigenvalue weighted by Gasteiger charge is -2.13. The summed E-state index contributed by atoms with van der Waals surface area (Å²) < 4.78 is 20.2. The Hall–Kier alpha value is -3.21. The van der Waals surface area contributed by atoms with E-state index >= 15 is 0 Å². The molecule has 2 aromatic carbocycles. The number of hydrogen-bond donors (Lipinski definition) is 1.